The SMILES string of the molecule is CCCCCCN(CCCCCC)c1ccc(/C(C#N)=C(/C#N)C(=O)OCCOCCC)cc1. The zero-order chi connectivity index (χ0) is 25.0. The summed E-state index contributed by atoms with van der Waals surface area (Å²) >= 11 is 0. The Kier molecular flexibility index (Phi) is 16.0. The molecule has 0 fully saturated rings. The number of unbranched alkanes of at least 4 members (excludes halogenated alkanes) is 6. The van der Waals surface area contributed by atoms with E-state index >= 15 is 0 Å². The molecule has 0 aromatic heterocycles. The Morgan fingerprint density at radius 2 is 1.41 bits per heavy atom. The van der Waals surface area contributed by atoms with Crippen molar-refractivity contribution >= 4 is 17.2 Å². The Morgan fingerprint density at radius 3 is 1.91 bits per heavy atom. The van der Waals surface area contributed by atoms with Crippen molar-refractivity contribution in [3.63, 3.8) is 0 Å². The van der Waals surface area contributed by atoms with Crippen molar-refractivity contribution in [2.45, 2.75) is 78.6 Å². The third-order valence-electron chi connectivity index (χ3n) is 5.57. The van der Waals surface area contributed by atoms with Gasteiger partial charge in [-0.05, 0) is 37.0 Å². The van der Waals surface area contributed by atoms with Gasteiger partial charge in [-0.25, -0.2) is 4.79 Å². The van der Waals surface area contributed by atoms with Gasteiger partial charge in [0.15, 0.2) is 5.57 Å². The fourth-order valence-corrected chi connectivity index (χ4v) is 3.65. The third kappa shape index (κ3) is 10.9. The molecule has 1 aromatic carbocycles. The van der Waals surface area contributed by atoms with E-state index in [-0.39, 0.29) is 24.4 Å². The molecule has 0 amide bonds. The summed E-state index contributed by atoms with van der Waals surface area (Å²) in [5.41, 5.74) is 1.40. The highest BCUT2D eigenvalue weighted by molar-refractivity contribution is 6.04. The second-order valence-corrected chi connectivity index (χ2v) is 8.38. The van der Waals surface area contributed by atoms with Gasteiger partial charge in [0.25, 0.3) is 0 Å². The molecule has 0 N–H and O–H groups in total. The van der Waals surface area contributed by atoms with Crippen LogP contribution in [0.25, 0.3) is 5.57 Å². The van der Waals surface area contributed by atoms with Gasteiger partial charge in [-0.3, -0.25) is 0 Å². The third-order valence-corrected chi connectivity index (χ3v) is 5.57. The number of nitriles is 2. The molecule has 0 bridgehead atoms. The smallest absolute Gasteiger partial charge is 0.350 e. The molecule has 0 aliphatic carbocycles. The number of carbonyl (C=O) groups is 1. The lowest BCUT2D eigenvalue weighted by Gasteiger charge is -2.25. The molecule has 0 aliphatic heterocycles. The van der Waals surface area contributed by atoms with E-state index in [9.17, 15) is 15.3 Å². The summed E-state index contributed by atoms with van der Waals surface area (Å²) in [4.78, 5) is 14.8. The van der Waals surface area contributed by atoms with Gasteiger partial charge in [-0.2, -0.15) is 10.5 Å². The molecule has 34 heavy (non-hydrogen) atoms. The normalized spacial score (nSPS) is 11.3. The maximum absolute atomic E-state index is 12.4. The summed E-state index contributed by atoms with van der Waals surface area (Å²) in [6, 6.07) is 11.5. The molecule has 0 radical (unpaired) electrons. The number of anilines is 1. The molecule has 0 spiro atoms. The predicted molar refractivity (Wildman–Crippen MR) is 137 cm³/mol. The molecule has 0 aliphatic rings. The van der Waals surface area contributed by atoms with Gasteiger partial charge in [-0.15, -0.1) is 0 Å². The number of carbonyl (C=O) groups excluding carboxylic acids is 1. The van der Waals surface area contributed by atoms with Gasteiger partial charge < -0.3 is 14.4 Å². The minimum absolute atomic E-state index is 0.0333. The molecule has 0 atom stereocenters. The van der Waals surface area contributed by atoms with Crippen LogP contribution in [0.3, 0.4) is 0 Å². The first-order valence-electron chi connectivity index (χ1n) is 12.8. The number of nitrogens with zero attached hydrogens (tertiary/aromatic N) is 3. The number of rotatable bonds is 18. The monoisotopic (exact) mass is 467 g/mol. The number of esters is 1. The first-order valence-corrected chi connectivity index (χ1v) is 12.8. The summed E-state index contributed by atoms with van der Waals surface area (Å²) in [6.45, 7) is 9.33. The molecule has 6 heteroatoms. The van der Waals surface area contributed by atoms with E-state index in [1.54, 1.807) is 0 Å². The molecule has 186 valence electrons. The van der Waals surface area contributed by atoms with E-state index in [1.165, 1.54) is 38.5 Å². The number of ether oxygens (including phenoxy) is 2. The number of hydrogen-bond donors (Lipinski definition) is 0. The van der Waals surface area contributed by atoms with E-state index in [1.807, 2.05) is 43.3 Å². The van der Waals surface area contributed by atoms with E-state index in [2.05, 4.69) is 18.7 Å². The molecular formula is C28H41N3O3. The largest absolute Gasteiger partial charge is 0.459 e. The lowest BCUT2D eigenvalue weighted by atomic mass is 10.0. The minimum atomic E-state index is -0.795. The highest BCUT2D eigenvalue weighted by atomic mass is 16.6. The lowest BCUT2D eigenvalue weighted by molar-refractivity contribution is -0.140. The van der Waals surface area contributed by atoms with Crippen molar-refractivity contribution in [3.8, 4) is 12.1 Å². The van der Waals surface area contributed by atoms with Gasteiger partial charge >= 0.3 is 5.97 Å². The first kappa shape index (κ1) is 29.2. The van der Waals surface area contributed by atoms with Crippen LogP contribution in [0, 0.1) is 22.7 Å². The fourth-order valence-electron chi connectivity index (χ4n) is 3.65. The minimum Gasteiger partial charge on any atom is -0.459 e. The zero-order valence-electron chi connectivity index (χ0n) is 21.3. The Labute approximate surface area is 206 Å². The van der Waals surface area contributed by atoms with Crippen LogP contribution in [0.4, 0.5) is 5.69 Å². The highest BCUT2D eigenvalue weighted by Gasteiger charge is 2.19. The Bertz CT molecular complexity index is 807. The van der Waals surface area contributed by atoms with Crippen molar-refractivity contribution in [1.82, 2.24) is 0 Å². The van der Waals surface area contributed by atoms with Crippen LogP contribution in [0.15, 0.2) is 29.8 Å². The molecule has 0 saturated heterocycles. The van der Waals surface area contributed by atoms with Gasteiger partial charge in [0, 0.05) is 25.4 Å². The van der Waals surface area contributed by atoms with Crippen molar-refractivity contribution in [3.05, 3.63) is 35.4 Å². The van der Waals surface area contributed by atoms with Crippen LogP contribution in [-0.2, 0) is 14.3 Å². The quantitative estimate of drug-likeness (QED) is 0.107. The summed E-state index contributed by atoms with van der Waals surface area (Å²) in [5, 5.41) is 19.2. The molecular weight excluding hydrogens is 426 g/mol. The maximum atomic E-state index is 12.4. The Hall–Kier alpha value is -2.83. The van der Waals surface area contributed by atoms with Gasteiger partial charge in [-0.1, -0.05) is 71.4 Å². The summed E-state index contributed by atoms with van der Waals surface area (Å²) < 4.78 is 10.4. The van der Waals surface area contributed by atoms with E-state index in [0.717, 1.165) is 38.0 Å². The van der Waals surface area contributed by atoms with Crippen molar-refractivity contribution in [1.29, 1.82) is 10.5 Å². The van der Waals surface area contributed by atoms with Crippen molar-refractivity contribution in [2.24, 2.45) is 0 Å². The van der Waals surface area contributed by atoms with E-state index in [4.69, 9.17) is 9.47 Å². The van der Waals surface area contributed by atoms with Gasteiger partial charge in [0.2, 0.25) is 0 Å². The topological polar surface area (TPSA) is 86.4 Å². The van der Waals surface area contributed by atoms with Gasteiger partial charge in [0.1, 0.15) is 18.7 Å². The Balaban J connectivity index is 2.94. The van der Waals surface area contributed by atoms with Crippen molar-refractivity contribution in [2.75, 3.05) is 37.8 Å². The average molecular weight is 468 g/mol. The van der Waals surface area contributed by atoms with Crippen LogP contribution in [0.2, 0.25) is 0 Å². The average Bonchev–Trinajstić information content (AvgIpc) is 2.86. The van der Waals surface area contributed by atoms with Crippen LogP contribution in [-0.4, -0.2) is 38.9 Å². The highest BCUT2D eigenvalue weighted by Crippen LogP contribution is 2.24. The molecule has 0 heterocycles. The summed E-state index contributed by atoms with van der Waals surface area (Å²) in [6.07, 6.45) is 10.5. The number of benzene rings is 1. The second-order valence-electron chi connectivity index (χ2n) is 8.38. The predicted octanol–water partition coefficient (Wildman–Crippen LogP) is 6.42. The zero-order valence-corrected chi connectivity index (χ0v) is 21.3. The number of hydrogen-bond acceptors (Lipinski definition) is 6. The molecule has 6 nitrogen and oxygen atoms in total. The lowest BCUT2D eigenvalue weighted by Crippen LogP contribution is -2.25. The van der Waals surface area contributed by atoms with Gasteiger partial charge in [0.05, 0.1) is 12.2 Å². The van der Waals surface area contributed by atoms with Crippen LogP contribution in [0.1, 0.15) is 84.1 Å². The molecule has 1 aromatic rings. The van der Waals surface area contributed by atoms with Crippen molar-refractivity contribution < 1.29 is 14.3 Å². The van der Waals surface area contributed by atoms with E-state index < -0.39 is 5.97 Å². The first-order chi connectivity index (χ1) is 16.6. The number of allylic oxidation sites excluding steroid dienone is 1. The fraction of sp³-hybridized carbons (Fsp3) is 0.607. The van der Waals surface area contributed by atoms with Crippen LogP contribution in [0.5, 0.6) is 0 Å². The van der Waals surface area contributed by atoms with Crippen LogP contribution < -0.4 is 4.90 Å². The molecule has 0 unspecified atom stereocenters. The standard InChI is InChI=1S/C28H41N3O3/c1-4-7-9-11-17-31(18-12-10-8-5-2)25-15-13-24(14-16-25)26(22-29)27(23-30)28(32)34-21-20-33-19-6-3/h13-16H,4-12,17-21H2,1-3H3/b27-26-. The Morgan fingerprint density at radius 1 is 0.794 bits per heavy atom. The maximum Gasteiger partial charge on any atom is 0.350 e. The molecule has 1 rings (SSSR count). The summed E-state index contributed by atoms with van der Waals surface area (Å²) in [7, 11) is 0. The molecule has 0 saturated carbocycles. The summed E-state index contributed by atoms with van der Waals surface area (Å²) in [5.74, 6) is -0.795. The second kappa shape index (κ2) is 18.6. The van der Waals surface area contributed by atoms with Crippen LogP contribution >= 0.6 is 0 Å². The van der Waals surface area contributed by atoms with E-state index in [0.29, 0.717) is 12.2 Å².